The Balaban J connectivity index is 1.50. The molecule has 4 rings (SSSR count). The number of benzene rings is 2. The molecule has 0 spiro atoms. The van der Waals surface area contributed by atoms with Gasteiger partial charge in [-0.1, -0.05) is 29.8 Å². The van der Waals surface area contributed by atoms with E-state index in [2.05, 4.69) is 21.8 Å². The van der Waals surface area contributed by atoms with Gasteiger partial charge in [-0.25, -0.2) is 23.1 Å². The first-order chi connectivity index (χ1) is 15.0. The number of imidazole rings is 1. The summed E-state index contributed by atoms with van der Waals surface area (Å²) in [5.41, 5.74) is 3.79. The van der Waals surface area contributed by atoms with E-state index in [1.807, 2.05) is 35.8 Å². The van der Waals surface area contributed by atoms with Crippen LogP contribution >= 0.6 is 0 Å². The summed E-state index contributed by atoms with van der Waals surface area (Å²) < 4.78 is 34.9. The lowest BCUT2D eigenvalue weighted by atomic mass is 10.1. The lowest BCUT2D eigenvalue weighted by molar-refractivity contribution is 0.414. The smallest absolute Gasteiger partial charge is 0.240 e. The highest BCUT2D eigenvalue weighted by molar-refractivity contribution is 7.89. The summed E-state index contributed by atoms with van der Waals surface area (Å²) in [5, 5.41) is 0. The Morgan fingerprint density at radius 1 is 1.03 bits per heavy atom. The summed E-state index contributed by atoms with van der Waals surface area (Å²) in [7, 11) is -2.04. The molecule has 2 heterocycles. The predicted molar refractivity (Wildman–Crippen MR) is 121 cm³/mol. The first-order valence-corrected chi connectivity index (χ1v) is 11.5. The Bertz CT molecular complexity index is 1280. The van der Waals surface area contributed by atoms with Crippen LogP contribution in [-0.4, -0.2) is 36.6 Å². The molecule has 0 amide bonds. The average Bonchev–Trinajstić information content (AvgIpc) is 3.16. The molecule has 2 aromatic carbocycles. The van der Waals surface area contributed by atoms with E-state index in [0.29, 0.717) is 25.3 Å². The lowest BCUT2D eigenvalue weighted by Crippen LogP contribution is -2.25. The molecule has 0 fully saturated rings. The van der Waals surface area contributed by atoms with E-state index in [1.54, 1.807) is 25.4 Å². The van der Waals surface area contributed by atoms with Gasteiger partial charge in [0.15, 0.2) is 5.65 Å². The van der Waals surface area contributed by atoms with Crippen LogP contribution in [-0.2, 0) is 16.6 Å². The number of pyridine rings is 1. The van der Waals surface area contributed by atoms with Crippen LogP contribution in [0.3, 0.4) is 0 Å². The van der Waals surface area contributed by atoms with Crippen molar-refractivity contribution in [2.45, 2.75) is 24.8 Å². The predicted octanol–water partition coefficient (Wildman–Crippen LogP) is 3.78. The van der Waals surface area contributed by atoms with Gasteiger partial charge in [0.2, 0.25) is 10.0 Å². The summed E-state index contributed by atoms with van der Waals surface area (Å²) in [4.78, 5) is 9.45. The molecule has 0 unspecified atom stereocenters. The maximum absolute atomic E-state index is 12.5. The minimum atomic E-state index is -3.58. The third kappa shape index (κ3) is 4.60. The number of hydrogen-bond acceptors (Lipinski definition) is 5. The van der Waals surface area contributed by atoms with Crippen LogP contribution in [0, 0.1) is 6.92 Å². The Hall–Kier alpha value is -3.23. The van der Waals surface area contributed by atoms with Gasteiger partial charge >= 0.3 is 0 Å². The third-order valence-electron chi connectivity index (χ3n) is 5.03. The van der Waals surface area contributed by atoms with Gasteiger partial charge < -0.3 is 9.30 Å². The van der Waals surface area contributed by atoms with E-state index in [1.165, 1.54) is 17.7 Å². The van der Waals surface area contributed by atoms with E-state index in [9.17, 15) is 8.42 Å². The van der Waals surface area contributed by atoms with Crippen LogP contribution in [0.15, 0.2) is 71.8 Å². The number of aromatic nitrogens is 3. The number of nitrogens with zero attached hydrogens (tertiary/aromatic N) is 3. The van der Waals surface area contributed by atoms with Gasteiger partial charge in [-0.2, -0.15) is 0 Å². The molecule has 1 N–H and O–H groups in total. The molecule has 160 valence electrons. The van der Waals surface area contributed by atoms with E-state index in [4.69, 9.17) is 9.72 Å². The van der Waals surface area contributed by atoms with E-state index < -0.39 is 10.0 Å². The van der Waals surface area contributed by atoms with Gasteiger partial charge in [-0.15, -0.1) is 0 Å². The zero-order valence-corrected chi connectivity index (χ0v) is 18.3. The van der Waals surface area contributed by atoms with E-state index in [-0.39, 0.29) is 4.90 Å². The lowest BCUT2D eigenvalue weighted by Gasteiger charge is -2.11. The quantitative estimate of drug-likeness (QED) is 0.425. The van der Waals surface area contributed by atoms with E-state index in [0.717, 1.165) is 22.6 Å². The molecule has 0 bridgehead atoms. The maximum Gasteiger partial charge on any atom is 0.240 e. The molecule has 2 aromatic heterocycles. The fraction of sp³-hybridized carbons (Fsp3) is 0.217. The van der Waals surface area contributed by atoms with Gasteiger partial charge in [-0.05, 0) is 49.7 Å². The second-order valence-electron chi connectivity index (χ2n) is 7.23. The highest BCUT2D eigenvalue weighted by atomic mass is 32.2. The topological polar surface area (TPSA) is 86.1 Å². The van der Waals surface area contributed by atoms with Gasteiger partial charge in [0.1, 0.15) is 17.1 Å². The Kier molecular flexibility index (Phi) is 6.01. The third-order valence-corrected chi connectivity index (χ3v) is 6.51. The number of aryl methyl sites for hydroxylation is 2. The monoisotopic (exact) mass is 436 g/mol. The van der Waals surface area contributed by atoms with Crippen molar-refractivity contribution >= 4 is 21.2 Å². The molecule has 0 aliphatic rings. The second-order valence-corrected chi connectivity index (χ2v) is 8.99. The van der Waals surface area contributed by atoms with Crippen molar-refractivity contribution in [2.75, 3.05) is 13.7 Å². The van der Waals surface area contributed by atoms with Crippen LogP contribution in [0.2, 0.25) is 0 Å². The first kappa shape index (κ1) is 21.0. The number of rotatable bonds is 8. The molecular weight excluding hydrogens is 412 g/mol. The van der Waals surface area contributed by atoms with Crippen LogP contribution in [0.5, 0.6) is 5.75 Å². The maximum atomic E-state index is 12.5. The summed E-state index contributed by atoms with van der Waals surface area (Å²) in [6.45, 7) is 2.93. The van der Waals surface area contributed by atoms with Crippen molar-refractivity contribution in [3.05, 3.63) is 72.4 Å². The van der Waals surface area contributed by atoms with Crippen LogP contribution < -0.4 is 9.46 Å². The fourth-order valence-electron chi connectivity index (χ4n) is 3.38. The standard InChI is InChI=1S/C23H24N4O3S/c1-17-6-8-18(9-7-17)22-26-21-5-3-14-24-23(21)27(22)16-4-15-25-31(28,29)20-12-10-19(30-2)11-13-20/h3,5-14,25H,4,15-16H2,1-2H3. The molecule has 0 aliphatic heterocycles. The summed E-state index contributed by atoms with van der Waals surface area (Å²) >= 11 is 0. The van der Waals surface area contributed by atoms with Crippen molar-refractivity contribution in [1.29, 1.82) is 0 Å². The van der Waals surface area contributed by atoms with Gasteiger partial charge in [0.25, 0.3) is 0 Å². The van der Waals surface area contributed by atoms with Crippen molar-refractivity contribution in [1.82, 2.24) is 19.3 Å². The van der Waals surface area contributed by atoms with Crippen LogP contribution in [0.1, 0.15) is 12.0 Å². The largest absolute Gasteiger partial charge is 0.497 e. The number of ether oxygens (including phenoxy) is 1. The van der Waals surface area contributed by atoms with Crippen molar-refractivity contribution in [3.63, 3.8) is 0 Å². The van der Waals surface area contributed by atoms with Crippen molar-refractivity contribution in [2.24, 2.45) is 0 Å². The molecular formula is C23H24N4O3S. The average molecular weight is 437 g/mol. The Labute approximate surface area is 181 Å². The SMILES string of the molecule is COc1ccc(S(=O)(=O)NCCCn2c(-c3ccc(C)cc3)nc3cccnc32)cc1. The first-order valence-electron chi connectivity index (χ1n) is 10.00. The molecule has 4 aromatic rings. The number of sulfonamides is 1. The minimum absolute atomic E-state index is 0.211. The van der Waals surface area contributed by atoms with E-state index >= 15 is 0 Å². The number of fused-ring (bicyclic) bond motifs is 1. The molecule has 0 saturated carbocycles. The summed E-state index contributed by atoms with van der Waals surface area (Å²) in [6.07, 6.45) is 2.34. The second kappa shape index (κ2) is 8.87. The molecule has 0 aliphatic carbocycles. The Morgan fingerprint density at radius 3 is 2.48 bits per heavy atom. The Morgan fingerprint density at radius 2 is 1.77 bits per heavy atom. The highest BCUT2D eigenvalue weighted by Crippen LogP contribution is 2.24. The highest BCUT2D eigenvalue weighted by Gasteiger charge is 2.15. The molecule has 0 radical (unpaired) electrons. The molecule has 7 nitrogen and oxygen atoms in total. The number of hydrogen-bond donors (Lipinski definition) is 1. The fourth-order valence-corrected chi connectivity index (χ4v) is 4.45. The molecule has 0 saturated heterocycles. The zero-order valence-electron chi connectivity index (χ0n) is 17.4. The normalized spacial score (nSPS) is 11.7. The summed E-state index contributed by atoms with van der Waals surface area (Å²) in [5.74, 6) is 1.44. The van der Waals surface area contributed by atoms with Crippen LogP contribution in [0.4, 0.5) is 0 Å². The van der Waals surface area contributed by atoms with Crippen molar-refractivity contribution < 1.29 is 13.2 Å². The zero-order chi connectivity index (χ0) is 21.8. The minimum Gasteiger partial charge on any atom is -0.497 e. The molecule has 0 atom stereocenters. The van der Waals surface area contributed by atoms with Gasteiger partial charge in [0.05, 0.1) is 12.0 Å². The van der Waals surface area contributed by atoms with Gasteiger partial charge in [0, 0.05) is 24.8 Å². The molecule has 8 heteroatoms. The van der Waals surface area contributed by atoms with Crippen LogP contribution in [0.25, 0.3) is 22.6 Å². The molecule has 31 heavy (non-hydrogen) atoms. The number of nitrogens with one attached hydrogen (secondary N) is 1. The number of methoxy groups -OCH3 is 1. The van der Waals surface area contributed by atoms with Gasteiger partial charge in [-0.3, -0.25) is 0 Å². The van der Waals surface area contributed by atoms with Crippen molar-refractivity contribution in [3.8, 4) is 17.1 Å². The summed E-state index contributed by atoms with van der Waals surface area (Å²) in [6, 6.07) is 18.3.